The smallest absolute Gasteiger partial charge is 0.269 e. The van der Waals surface area contributed by atoms with Crippen molar-refractivity contribution in [1.82, 2.24) is 10.3 Å². The standard InChI is InChI=1S/C16H17ClN2O/c17-13-9-15(19-14-8-4-3-7-12(13)14)16(20)18-10-11-5-1-2-6-11/h3-4,7-9,11H,1-2,5-6,10H2,(H,18,20). The Morgan fingerprint density at radius 3 is 2.85 bits per heavy atom. The van der Waals surface area contributed by atoms with E-state index in [1.807, 2.05) is 24.3 Å². The predicted molar refractivity (Wildman–Crippen MR) is 81.0 cm³/mol. The van der Waals surface area contributed by atoms with Gasteiger partial charge >= 0.3 is 0 Å². The van der Waals surface area contributed by atoms with E-state index in [1.165, 1.54) is 25.7 Å². The second-order valence-electron chi connectivity index (χ2n) is 5.37. The van der Waals surface area contributed by atoms with Crippen LogP contribution in [0.3, 0.4) is 0 Å². The molecular weight excluding hydrogens is 272 g/mol. The monoisotopic (exact) mass is 288 g/mol. The van der Waals surface area contributed by atoms with Gasteiger partial charge in [0.05, 0.1) is 10.5 Å². The number of hydrogen-bond acceptors (Lipinski definition) is 2. The van der Waals surface area contributed by atoms with Crippen molar-refractivity contribution in [2.24, 2.45) is 5.92 Å². The summed E-state index contributed by atoms with van der Waals surface area (Å²) in [6, 6.07) is 9.23. The maximum Gasteiger partial charge on any atom is 0.269 e. The van der Waals surface area contributed by atoms with Gasteiger partial charge in [-0.1, -0.05) is 42.6 Å². The molecule has 2 aromatic rings. The fourth-order valence-electron chi connectivity index (χ4n) is 2.79. The number of carbonyl (C=O) groups is 1. The third-order valence-corrected chi connectivity index (χ3v) is 4.24. The van der Waals surface area contributed by atoms with E-state index in [1.54, 1.807) is 6.07 Å². The van der Waals surface area contributed by atoms with Crippen LogP contribution < -0.4 is 5.32 Å². The van der Waals surface area contributed by atoms with Crippen LogP contribution >= 0.6 is 11.6 Å². The van der Waals surface area contributed by atoms with E-state index < -0.39 is 0 Å². The summed E-state index contributed by atoms with van der Waals surface area (Å²) < 4.78 is 0. The molecule has 0 unspecified atom stereocenters. The molecule has 104 valence electrons. The average Bonchev–Trinajstić information content (AvgIpc) is 2.98. The van der Waals surface area contributed by atoms with Gasteiger partial charge in [0.2, 0.25) is 0 Å². The van der Waals surface area contributed by atoms with Gasteiger partial charge in [-0.05, 0) is 30.9 Å². The zero-order valence-corrected chi connectivity index (χ0v) is 12.0. The van der Waals surface area contributed by atoms with E-state index in [0.717, 1.165) is 17.4 Å². The molecule has 0 saturated heterocycles. The number of pyridine rings is 1. The number of nitrogens with one attached hydrogen (secondary N) is 1. The Balaban J connectivity index is 1.77. The molecule has 3 rings (SSSR count). The zero-order chi connectivity index (χ0) is 13.9. The molecule has 0 spiro atoms. The van der Waals surface area contributed by atoms with Gasteiger partial charge in [0.15, 0.2) is 0 Å². The number of benzene rings is 1. The lowest BCUT2D eigenvalue weighted by atomic mass is 10.1. The first kappa shape index (κ1) is 13.4. The second kappa shape index (κ2) is 5.80. The fourth-order valence-corrected chi connectivity index (χ4v) is 3.05. The molecule has 0 atom stereocenters. The number of halogens is 1. The Bertz CT molecular complexity index is 635. The number of hydrogen-bond donors (Lipinski definition) is 1. The molecule has 1 amide bonds. The van der Waals surface area contributed by atoms with Crippen molar-refractivity contribution in [3.8, 4) is 0 Å². The van der Waals surface area contributed by atoms with E-state index >= 15 is 0 Å². The van der Waals surface area contributed by atoms with Crippen molar-refractivity contribution in [2.75, 3.05) is 6.54 Å². The maximum atomic E-state index is 12.2. The molecule has 1 aromatic heterocycles. The minimum Gasteiger partial charge on any atom is -0.350 e. The topological polar surface area (TPSA) is 42.0 Å². The van der Waals surface area contributed by atoms with Crippen molar-refractivity contribution in [2.45, 2.75) is 25.7 Å². The quantitative estimate of drug-likeness (QED) is 0.933. The number of aromatic nitrogens is 1. The van der Waals surface area contributed by atoms with Crippen molar-refractivity contribution in [1.29, 1.82) is 0 Å². The molecule has 1 aliphatic carbocycles. The molecule has 0 radical (unpaired) electrons. The third kappa shape index (κ3) is 2.78. The molecular formula is C16H17ClN2O. The molecule has 1 N–H and O–H groups in total. The predicted octanol–water partition coefficient (Wildman–Crippen LogP) is 3.81. The van der Waals surface area contributed by atoms with Crippen molar-refractivity contribution in [3.05, 3.63) is 41.0 Å². The highest BCUT2D eigenvalue weighted by Crippen LogP contribution is 2.24. The first-order chi connectivity index (χ1) is 9.74. The molecule has 1 aromatic carbocycles. The summed E-state index contributed by atoms with van der Waals surface area (Å²) in [5.41, 5.74) is 1.15. The van der Waals surface area contributed by atoms with Crippen LogP contribution in [0.15, 0.2) is 30.3 Å². The molecule has 0 aliphatic heterocycles. The van der Waals surface area contributed by atoms with Crippen LogP contribution in [0.5, 0.6) is 0 Å². The Morgan fingerprint density at radius 2 is 2.05 bits per heavy atom. The summed E-state index contributed by atoms with van der Waals surface area (Å²) in [7, 11) is 0. The number of nitrogens with zero attached hydrogens (tertiary/aromatic N) is 1. The van der Waals surface area contributed by atoms with E-state index in [-0.39, 0.29) is 5.91 Å². The first-order valence-electron chi connectivity index (χ1n) is 7.07. The van der Waals surface area contributed by atoms with Gasteiger partial charge in [0.25, 0.3) is 5.91 Å². The van der Waals surface area contributed by atoms with Crippen molar-refractivity contribution >= 4 is 28.4 Å². The van der Waals surface area contributed by atoms with Gasteiger partial charge in [-0.2, -0.15) is 0 Å². The molecule has 20 heavy (non-hydrogen) atoms. The highest BCUT2D eigenvalue weighted by atomic mass is 35.5. The van der Waals surface area contributed by atoms with Crippen LogP contribution in [0.2, 0.25) is 5.02 Å². The molecule has 4 heteroatoms. The van der Waals surface area contributed by atoms with Crippen LogP contribution in [0.4, 0.5) is 0 Å². The molecule has 1 saturated carbocycles. The van der Waals surface area contributed by atoms with Gasteiger partial charge < -0.3 is 5.32 Å². The van der Waals surface area contributed by atoms with E-state index in [0.29, 0.717) is 16.6 Å². The third-order valence-electron chi connectivity index (χ3n) is 3.92. The first-order valence-corrected chi connectivity index (χ1v) is 7.45. The van der Waals surface area contributed by atoms with Crippen LogP contribution in [-0.2, 0) is 0 Å². The lowest BCUT2D eigenvalue weighted by molar-refractivity contribution is 0.0943. The molecule has 1 heterocycles. The summed E-state index contributed by atoms with van der Waals surface area (Å²) in [4.78, 5) is 16.5. The largest absolute Gasteiger partial charge is 0.350 e. The number of carbonyl (C=O) groups excluding carboxylic acids is 1. The summed E-state index contributed by atoms with van der Waals surface area (Å²) in [6.45, 7) is 0.741. The van der Waals surface area contributed by atoms with Crippen LogP contribution in [0, 0.1) is 5.92 Å². The van der Waals surface area contributed by atoms with E-state index in [2.05, 4.69) is 10.3 Å². The van der Waals surface area contributed by atoms with Gasteiger partial charge in [-0.3, -0.25) is 4.79 Å². The van der Waals surface area contributed by atoms with Crippen LogP contribution in [-0.4, -0.2) is 17.4 Å². The second-order valence-corrected chi connectivity index (χ2v) is 5.77. The maximum absolute atomic E-state index is 12.2. The highest BCUT2D eigenvalue weighted by molar-refractivity contribution is 6.35. The van der Waals surface area contributed by atoms with Gasteiger partial charge in [0, 0.05) is 11.9 Å². The molecule has 0 bridgehead atoms. The van der Waals surface area contributed by atoms with Crippen LogP contribution in [0.25, 0.3) is 10.9 Å². The zero-order valence-electron chi connectivity index (χ0n) is 11.2. The van der Waals surface area contributed by atoms with Gasteiger partial charge in [-0.15, -0.1) is 0 Å². The average molecular weight is 289 g/mol. The lowest BCUT2D eigenvalue weighted by Crippen LogP contribution is -2.29. The minimum absolute atomic E-state index is 0.135. The number of para-hydroxylation sites is 1. The Morgan fingerprint density at radius 1 is 1.30 bits per heavy atom. The van der Waals surface area contributed by atoms with Gasteiger partial charge in [0.1, 0.15) is 5.69 Å². The normalized spacial score (nSPS) is 15.7. The van der Waals surface area contributed by atoms with Crippen LogP contribution in [0.1, 0.15) is 36.2 Å². The van der Waals surface area contributed by atoms with Crippen molar-refractivity contribution in [3.63, 3.8) is 0 Å². The number of rotatable bonds is 3. The fraction of sp³-hybridized carbons (Fsp3) is 0.375. The lowest BCUT2D eigenvalue weighted by Gasteiger charge is -2.11. The SMILES string of the molecule is O=C(NCC1CCCC1)c1cc(Cl)c2ccccc2n1. The number of fused-ring (bicyclic) bond motifs is 1. The Labute approximate surface area is 123 Å². The summed E-state index contributed by atoms with van der Waals surface area (Å²) in [5, 5.41) is 4.42. The molecule has 1 fully saturated rings. The van der Waals surface area contributed by atoms with E-state index in [4.69, 9.17) is 11.6 Å². The van der Waals surface area contributed by atoms with Gasteiger partial charge in [-0.25, -0.2) is 4.98 Å². The summed E-state index contributed by atoms with van der Waals surface area (Å²) in [6.07, 6.45) is 4.99. The van der Waals surface area contributed by atoms with Crippen molar-refractivity contribution < 1.29 is 4.79 Å². The summed E-state index contributed by atoms with van der Waals surface area (Å²) >= 11 is 6.21. The molecule has 3 nitrogen and oxygen atoms in total. The minimum atomic E-state index is -0.135. The number of amides is 1. The molecule has 1 aliphatic rings. The Hall–Kier alpha value is -1.61. The summed E-state index contributed by atoms with van der Waals surface area (Å²) in [5.74, 6) is 0.486. The van der Waals surface area contributed by atoms with E-state index in [9.17, 15) is 4.79 Å². The Kier molecular flexibility index (Phi) is 3.88. The highest BCUT2D eigenvalue weighted by Gasteiger charge is 2.17.